The van der Waals surface area contributed by atoms with E-state index in [1.807, 2.05) is 59.3 Å². The molecule has 0 saturated heterocycles. The zero-order chi connectivity index (χ0) is 24.4. The summed E-state index contributed by atoms with van der Waals surface area (Å²) in [4.78, 5) is 15.9. The number of halogens is 2. The van der Waals surface area contributed by atoms with Crippen molar-refractivity contribution in [1.29, 1.82) is 0 Å². The first-order valence-corrected chi connectivity index (χ1v) is 12.3. The van der Waals surface area contributed by atoms with Crippen molar-refractivity contribution in [3.05, 3.63) is 83.0 Å². The largest absolute Gasteiger partial charge is 0.497 e. The molecule has 0 saturated carbocycles. The van der Waals surface area contributed by atoms with Gasteiger partial charge in [0.1, 0.15) is 5.75 Å². The second-order valence-corrected chi connectivity index (χ2v) is 9.31. The van der Waals surface area contributed by atoms with E-state index in [9.17, 15) is 4.79 Å². The molecule has 2 aromatic heterocycles. The van der Waals surface area contributed by atoms with Crippen LogP contribution in [-0.2, 0) is 4.79 Å². The Balaban J connectivity index is 1.47. The van der Waals surface area contributed by atoms with Gasteiger partial charge in [-0.3, -0.25) is 9.36 Å². The minimum atomic E-state index is -0.206. The van der Waals surface area contributed by atoms with Crippen LogP contribution in [-0.4, -0.2) is 38.5 Å². The number of carbonyl (C=O) groups is 1. The van der Waals surface area contributed by atoms with Crippen molar-refractivity contribution in [2.45, 2.75) is 5.16 Å². The third kappa shape index (κ3) is 4.86. The molecule has 0 atom stereocenters. The van der Waals surface area contributed by atoms with Gasteiger partial charge >= 0.3 is 0 Å². The van der Waals surface area contributed by atoms with Crippen LogP contribution in [0.5, 0.6) is 5.75 Å². The van der Waals surface area contributed by atoms with Gasteiger partial charge in [-0.1, -0.05) is 59.2 Å². The highest BCUT2D eigenvalue weighted by Crippen LogP contribution is 2.33. The van der Waals surface area contributed by atoms with E-state index in [0.29, 0.717) is 32.5 Å². The number of amides is 1. The van der Waals surface area contributed by atoms with Crippen molar-refractivity contribution in [1.82, 2.24) is 19.7 Å². The van der Waals surface area contributed by atoms with E-state index in [-0.39, 0.29) is 11.7 Å². The highest BCUT2D eigenvalue weighted by Gasteiger charge is 2.20. The Hall–Kier alpha value is -3.46. The molecule has 7 nitrogen and oxygen atoms in total. The zero-order valence-electron chi connectivity index (χ0n) is 18.5. The van der Waals surface area contributed by atoms with Gasteiger partial charge in [0.25, 0.3) is 0 Å². The lowest BCUT2D eigenvalue weighted by molar-refractivity contribution is -0.113. The summed E-state index contributed by atoms with van der Waals surface area (Å²) in [5.74, 6) is 1.27. The predicted octanol–water partition coefficient (Wildman–Crippen LogP) is 6.46. The van der Waals surface area contributed by atoms with Gasteiger partial charge in [-0.15, -0.1) is 10.2 Å². The number of hydrogen-bond donors (Lipinski definition) is 2. The van der Waals surface area contributed by atoms with Crippen molar-refractivity contribution in [2.24, 2.45) is 0 Å². The highest BCUT2D eigenvalue weighted by atomic mass is 35.5. The molecule has 5 aromatic rings. The minimum absolute atomic E-state index is 0.121. The number of nitrogens with zero attached hydrogens (tertiary/aromatic N) is 3. The Morgan fingerprint density at radius 3 is 2.74 bits per heavy atom. The molecule has 0 radical (unpaired) electrons. The van der Waals surface area contributed by atoms with Crippen LogP contribution >= 0.6 is 35.0 Å². The summed E-state index contributed by atoms with van der Waals surface area (Å²) < 4.78 is 7.35. The quantitative estimate of drug-likeness (QED) is 0.239. The number of hydrogen-bond acceptors (Lipinski definition) is 5. The molecule has 2 heterocycles. The number of aromatic amines is 1. The molecular weight excluding hydrogens is 505 g/mol. The maximum Gasteiger partial charge on any atom is 0.234 e. The number of aromatic nitrogens is 4. The van der Waals surface area contributed by atoms with E-state index in [0.717, 1.165) is 22.2 Å². The number of anilines is 1. The number of ether oxygens (including phenoxy) is 1. The number of fused-ring (bicyclic) bond motifs is 1. The molecule has 0 unspecified atom stereocenters. The lowest BCUT2D eigenvalue weighted by Gasteiger charge is -2.11. The van der Waals surface area contributed by atoms with Crippen molar-refractivity contribution in [2.75, 3.05) is 18.2 Å². The predicted molar refractivity (Wildman–Crippen MR) is 141 cm³/mol. The van der Waals surface area contributed by atoms with Crippen LogP contribution < -0.4 is 10.1 Å². The number of para-hydroxylation sites is 1. The number of nitrogens with one attached hydrogen (secondary N) is 2. The molecule has 0 spiro atoms. The van der Waals surface area contributed by atoms with E-state index in [4.69, 9.17) is 27.9 Å². The van der Waals surface area contributed by atoms with Gasteiger partial charge in [-0.05, 0) is 36.4 Å². The van der Waals surface area contributed by atoms with Crippen LogP contribution in [0.25, 0.3) is 28.0 Å². The molecule has 0 aliphatic carbocycles. The van der Waals surface area contributed by atoms with E-state index >= 15 is 0 Å². The van der Waals surface area contributed by atoms with E-state index < -0.39 is 0 Å². The molecule has 176 valence electrons. The van der Waals surface area contributed by atoms with Crippen LogP contribution in [0.2, 0.25) is 10.0 Å². The Morgan fingerprint density at radius 1 is 1.06 bits per heavy atom. The SMILES string of the molecule is COc1cccc(-n2c(SCC(=O)Nc3ccc(Cl)c(Cl)c3)nnc2-c2c[nH]c3ccccc23)c1. The summed E-state index contributed by atoms with van der Waals surface area (Å²) in [5, 5.41) is 14.1. The van der Waals surface area contributed by atoms with Crippen LogP contribution in [0, 0.1) is 0 Å². The van der Waals surface area contributed by atoms with Crippen molar-refractivity contribution < 1.29 is 9.53 Å². The van der Waals surface area contributed by atoms with Gasteiger partial charge in [0, 0.05) is 34.4 Å². The third-order valence-electron chi connectivity index (χ3n) is 5.31. The Kier molecular flexibility index (Phi) is 6.68. The molecule has 5 rings (SSSR count). The smallest absolute Gasteiger partial charge is 0.234 e. The summed E-state index contributed by atoms with van der Waals surface area (Å²) in [6, 6.07) is 20.6. The second kappa shape index (κ2) is 10.0. The molecule has 3 aromatic carbocycles. The van der Waals surface area contributed by atoms with Crippen LogP contribution in [0.3, 0.4) is 0 Å². The average Bonchev–Trinajstić information content (AvgIpc) is 3.49. The van der Waals surface area contributed by atoms with Gasteiger partial charge in [0.15, 0.2) is 11.0 Å². The number of rotatable bonds is 7. The number of benzene rings is 3. The fourth-order valence-electron chi connectivity index (χ4n) is 3.68. The van der Waals surface area contributed by atoms with Gasteiger partial charge in [0.05, 0.1) is 28.6 Å². The summed E-state index contributed by atoms with van der Waals surface area (Å²) in [6.45, 7) is 0. The molecular formula is C25H19Cl2N5O2S. The minimum Gasteiger partial charge on any atom is -0.497 e. The third-order valence-corrected chi connectivity index (χ3v) is 6.98. The first kappa shape index (κ1) is 23.3. The lowest BCUT2D eigenvalue weighted by atomic mass is 10.1. The number of methoxy groups -OCH3 is 1. The number of thioether (sulfide) groups is 1. The summed E-state index contributed by atoms with van der Waals surface area (Å²) in [6.07, 6.45) is 1.91. The van der Waals surface area contributed by atoms with E-state index in [1.54, 1.807) is 25.3 Å². The van der Waals surface area contributed by atoms with Gasteiger partial charge in [0.2, 0.25) is 5.91 Å². The molecule has 0 aliphatic heterocycles. The van der Waals surface area contributed by atoms with Crippen molar-refractivity contribution in [3.63, 3.8) is 0 Å². The molecule has 0 aliphatic rings. The molecule has 10 heteroatoms. The second-order valence-electron chi connectivity index (χ2n) is 7.56. The summed E-state index contributed by atoms with van der Waals surface area (Å²) >= 11 is 13.3. The number of carbonyl (C=O) groups excluding carboxylic acids is 1. The molecule has 0 bridgehead atoms. The normalized spacial score (nSPS) is 11.1. The molecule has 1 amide bonds. The van der Waals surface area contributed by atoms with Crippen molar-refractivity contribution >= 4 is 57.5 Å². The number of H-pyrrole nitrogens is 1. The fourth-order valence-corrected chi connectivity index (χ4v) is 4.73. The van der Waals surface area contributed by atoms with Gasteiger partial charge < -0.3 is 15.0 Å². The monoisotopic (exact) mass is 523 g/mol. The van der Waals surface area contributed by atoms with Crippen LogP contribution in [0.1, 0.15) is 0 Å². The summed E-state index contributed by atoms with van der Waals surface area (Å²) in [7, 11) is 1.62. The van der Waals surface area contributed by atoms with Crippen LogP contribution in [0.15, 0.2) is 78.1 Å². The summed E-state index contributed by atoms with van der Waals surface area (Å²) in [5.41, 5.74) is 3.29. The van der Waals surface area contributed by atoms with Crippen molar-refractivity contribution in [3.8, 4) is 22.8 Å². The van der Waals surface area contributed by atoms with Gasteiger partial charge in [-0.2, -0.15) is 0 Å². The highest BCUT2D eigenvalue weighted by molar-refractivity contribution is 7.99. The van der Waals surface area contributed by atoms with E-state index in [2.05, 4.69) is 20.5 Å². The Morgan fingerprint density at radius 2 is 1.91 bits per heavy atom. The first-order chi connectivity index (χ1) is 17.0. The molecule has 35 heavy (non-hydrogen) atoms. The van der Waals surface area contributed by atoms with Gasteiger partial charge in [-0.25, -0.2) is 0 Å². The fraction of sp³-hybridized carbons (Fsp3) is 0.0800. The first-order valence-electron chi connectivity index (χ1n) is 10.6. The van der Waals surface area contributed by atoms with Crippen LogP contribution in [0.4, 0.5) is 5.69 Å². The maximum absolute atomic E-state index is 12.7. The topological polar surface area (TPSA) is 84.8 Å². The maximum atomic E-state index is 12.7. The molecule has 0 fully saturated rings. The average molecular weight is 524 g/mol. The zero-order valence-corrected chi connectivity index (χ0v) is 20.8. The molecule has 2 N–H and O–H groups in total. The Labute approximate surface area is 215 Å². The lowest BCUT2D eigenvalue weighted by Crippen LogP contribution is -2.14. The van der Waals surface area contributed by atoms with E-state index in [1.165, 1.54) is 11.8 Å². The Bertz CT molecular complexity index is 1530. The standard InChI is InChI=1S/C25H19Cl2N5O2S/c1-34-17-6-4-5-16(12-17)32-24(19-13-28-22-8-3-2-7-18(19)22)30-31-25(32)35-14-23(33)29-15-9-10-20(26)21(27)11-15/h2-13,28H,14H2,1H3,(H,29,33).